The summed E-state index contributed by atoms with van der Waals surface area (Å²) in [5, 5.41) is 3.31. The number of benzene rings is 1. The van der Waals surface area contributed by atoms with Crippen LogP contribution in [0.25, 0.3) is 0 Å². The number of amides is 1. The van der Waals surface area contributed by atoms with E-state index in [4.69, 9.17) is 27.9 Å². The Morgan fingerprint density at radius 3 is 2.58 bits per heavy atom. The van der Waals surface area contributed by atoms with Crippen LogP contribution in [0.4, 0.5) is 5.69 Å². The van der Waals surface area contributed by atoms with Gasteiger partial charge in [0.2, 0.25) is 0 Å². The molecule has 0 saturated heterocycles. The monoisotopic (exact) mass is 301 g/mol. The van der Waals surface area contributed by atoms with Crippen molar-refractivity contribution in [3.63, 3.8) is 0 Å². The molecule has 0 spiro atoms. The molecule has 19 heavy (non-hydrogen) atoms. The van der Waals surface area contributed by atoms with E-state index in [2.05, 4.69) is 5.32 Å². The van der Waals surface area contributed by atoms with Crippen molar-refractivity contribution >= 4 is 40.8 Å². The second-order valence-electron chi connectivity index (χ2n) is 4.00. The number of carbonyl (C=O) groups is 2. The van der Waals surface area contributed by atoms with Crippen molar-refractivity contribution in [1.82, 2.24) is 0 Å². The van der Waals surface area contributed by atoms with Gasteiger partial charge in [0.25, 0.3) is 5.91 Å². The van der Waals surface area contributed by atoms with Gasteiger partial charge in [-0.15, -0.1) is 0 Å². The highest BCUT2D eigenvalue weighted by atomic mass is 35.5. The number of nitrogens with one attached hydrogen (secondary N) is 1. The SMILES string of the molecule is CC(C)=CC(=O)OCC(=O)Nc1ccc(Cl)cc1Cl. The van der Waals surface area contributed by atoms with Crippen molar-refractivity contribution in [2.24, 2.45) is 0 Å². The molecule has 1 amide bonds. The number of anilines is 1. The van der Waals surface area contributed by atoms with E-state index < -0.39 is 11.9 Å². The number of hydrogen-bond donors (Lipinski definition) is 1. The first-order valence-electron chi connectivity index (χ1n) is 5.45. The Hall–Kier alpha value is -1.52. The standard InChI is InChI=1S/C13H13Cl2NO3/c1-8(2)5-13(18)19-7-12(17)16-11-4-3-9(14)6-10(11)15/h3-6H,7H2,1-2H3,(H,16,17). The molecule has 0 bridgehead atoms. The van der Waals surface area contributed by atoms with Crippen LogP contribution < -0.4 is 5.32 Å². The van der Waals surface area contributed by atoms with Crippen LogP contribution in [-0.2, 0) is 14.3 Å². The molecule has 1 rings (SSSR count). The van der Waals surface area contributed by atoms with Crippen LogP contribution in [0.5, 0.6) is 0 Å². The molecular formula is C13H13Cl2NO3. The van der Waals surface area contributed by atoms with Gasteiger partial charge in [0.05, 0.1) is 10.7 Å². The summed E-state index contributed by atoms with van der Waals surface area (Å²) in [4.78, 5) is 22.7. The summed E-state index contributed by atoms with van der Waals surface area (Å²) < 4.78 is 4.75. The van der Waals surface area contributed by atoms with Crippen molar-refractivity contribution in [2.75, 3.05) is 11.9 Å². The Bertz CT molecular complexity index is 523. The number of ether oxygens (including phenoxy) is 1. The lowest BCUT2D eigenvalue weighted by Gasteiger charge is -2.07. The van der Waals surface area contributed by atoms with E-state index in [1.54, 1.807) is 26.0 Å². The molecule has 0 radical (unpaired) electrons. The summed E-state index contributed by atoms with van der Waals surface area (Å²) in [6, 6.07) is 4.67. The molecular weight excluding hydrogens is 289 g/mol. The molecule has 0 heterocycles. The molecule has 6 heteroatoms. The van der Waals surface area contributed by atoms with Crippen LogP contribution in [0.15, 0.2) is 29.8 Å². The van der Waals surface area contributed by atoms with E-state index in [-0.39, 0.29) is 6.61 Å². The van der Waals surface area contributed by atoms with Crippen LogP contribution >= 0.6 is 23.2 Å². The maximum absolute atomic E-state index is 11.5. The van der Waals surface area contributed by atoms with Gasteiger partial charge in [-0.25, -0.2) is 4.79 Å². The number of halogens is 2. The molecule has 0 aliphatic heterocycles. The highest BCUT2D eigenvalue weighted by Gasteiger charge is 2.08. The Labute approximate surface area is 121 Å². The molecule has 1 aromatic rings. The van der Waals surface area contributed by atoms with E-state index in [9.17, 15) is 9.59 Å². The van der Waals surface area contributed by atoms with Crippen LogP contribution in [0.1, 0.15) is 13.8 Å². The average Bonchev–Trinajstić information content (AvgIpc) is 2.29. The Kier molecular flexibility index (Phi) is 5.86. The molecule has 0 saturated carbocycles. The lowest BCUT2D eigenvalue weighted by molar-refractivity contribution is -0.142. The first kappa shape index (κ1) is 15.5. The number of rotatable bonds is 4. The summed E-state index contributed by atoms with van der Waals surface area (Å²) in [7, 11) is 0. The van der Waals surface area contributed by atoms with Gasteiger partial charge >= 0.3 is 5.97 Å². The van der Waals surface area contributed by atoms with Gasteiger partial charge in [-0.05, 0) is 32.0 Å². The van der Waals surface area contributed by atoms with Crippen LogP contribution in [0.2, 0.25) is 10.0 Å². The van der Waals surface area contributed by atoms with Gasteiger partial charge in [0, 0.05) is 11.1 Å². The number of hydrogen-bond acceptors (Lipinski definition) is 3. The first-order valence-corrected chi connectivity index (χ1v) is 6.20. The average molecular weight is 302 g/mol. The smallest absolute Gasteiger partial charge is 0.331 e. The summed E-state index contributed by atoms with van der Waals surface area (Å²) in [5.41, 5.74) is 1.21. The van der Waals surface area contributed by atoms with Gasteiger partial charge < -0.3 is 10.1 Å². The van der Waals surface area contributed by atoms with E-state index in [1.165, 1.54) is 12.1 Å². The fourth-order valence-corrected chi connectivity index (χ4v) is 1.65. The highest BCUT2D eigenvalue weighted by Crippen LogP contribution is 2.25. The lowest BCUT2D eigenvalue weighted by atomic mass is 10.3. The van der Waals surface area contributed by atoms with Gasteiger partial charge in [-0.1, -0.05) is 28.8 Å². The summed E-state index contributed by atoms with van der Waals surface area (Å²) in [6.07, 6.45) is 1.31. The second kappa shape index (κ2) is 7.16. The van der Waals surface area contributed by atoms with E-state index in [0.29, 0.717) is 15.7 Å². The zero-order valence-electron chi connectivity index (χ0n) is 10.5. The highest BCUT2D eigenvalue weighted by molar-refractivity contribution is 6.36. The topological polar surface area (TPSA) is 55.4 Å². The molecule has 0 fully saturated rings. The molecule has 4 nitrogen and oxygen atoms in total. The molecule has 0 unspecified atom stereocenters. The van der Waals surface area contributed by atoms with Crippen molar-refractivity contribution in [1.29, 1.82) is 0 Å². The molecule has 0 aliphatic rings. The molecule has 1 N–H and O–H groups in total. The zero-order valence-corrected chi connectivity index (χ0v) is 12.0. The third-order valence-corrected chi connectivity index (χ3v) is 2.51. The fraction of sp³-hybridized carbons (Fsp3) is 0.231. The van der Waals surface area contributed by atoms with Crippen LogP contribution in [-0.4, -0.2) is 18.5 Å². The van der Waals surface area contributed by atoms with Gasteiger partial charge in [-0.2, -0.15) is 0 Å². The molecule has 0 atom stereocenters. The predicted molar refractivity (Wildman–Crippen MR) is 75.5 cm³/mol. The third-order valence-electron chi connectivity index (χ3n) is 1.96. The first-order chi connectivity index (χ1) is 8.88. The molecule has 102 valence electrons. The minimum atomic E-state index is -0.558. The second-order valence-corrected chi connectivity index (χ2v) is 4.85. The molecule has 1 aromatic carbocycles. The van der Waals surface area contributed by atoms with Crippen molar-refractivity contribution < 1.29 is 14.3 Å². The van der Waals surface area contributed by atoms with Crippen molar-refractivity contribution in [3.8, 4) is 0 Å². The van der Waals surface area contributed by atoms with E-state index in [0.717, 1.165) is 5.57 Å². The quantitative estimate of drug-likeness (QED) is 0.684. The van der Waals surface area contributed by atoms with Crippen LogP contribution in [0, 0.1) is 0 Å². The largest absolute Gasteiger partial charge is 0.452 e. The molecule has 0 aliphatic carbocycles. The predicted octanol–water partition coefficient (Wildman–Crippen LogP) is 3.44. The Morgan fingerprint density at radius 2 is 2.00 bits per heavy atom. The van der Waals surface area contributed by atoms with Gasteiger partial charge in [0.1, 0.15) is 0 Å². The normalized spacial score (nSPS) is 9.68. The van der Waals surface area contributed by atoms with Gasteiger partial charge in [0.15, 0.2) is 6.61 Å². The number of carbonyl (C=O) groups excluding carboxylic acids is 2. The van der Waals surface area contributed by atoms with Crippen molar-refractivity contribution in [2.45, 2.75) is 13.8 Å². The third kappa shape index (κ3) is 5.77. The Morgan fingerprint density at radius 1 is 1.32 bits per heavy atom. The fourth-order valence-electron chi connectivity index (χ4n) is 1.19. The lowest BCUT2D eigenvalue weighted by Crippen LogP contribution is -2.20. The van der Waals surface area contributed by atoms with Crippen LogP contribution in [0.3, 0.4) is 0 Å². The van der Waals surface area contributed by atoms with Crippen molar-refractivity contribution in [3.05, 3.63) is 39.9 Å². The maximum atomic E-state index is 11.5. The van der Waals surface area contributed by atoms with E-state index >= 15 is 0 Å². The Balaban J connectivity index is 2.52. The summed E-state index contributed by atoms with van der Waals surface area (Å²) in [5.74, 6) is -1.03. The molecule has 0 aromatic heterocycles. The number of esters is 1. The minimum Gasteiger partial charge on any atom is -0.452 e. The summed E-state index contributed by atoms with van der Waals surface area (Å²) in [6.45, 7) is 3.14. The number of allylic oxidation sites excluding steroid dienone is 1. The zero-order chi connectivity index (χ0) is 14.4. The summed E-state index contributed by atoms with van der Waals surface area (Å²) >= 11 is 11.6. The minimum absolute atomic E-state index is 0.316. The van der Waals surface area contributed by atoms with E-state index in [1.807, 2.05) is 0 Å². The van der Waals surface area contributed by atoms with Gasteiger partial charge in [-0.3, -0.25) is 4.79 Å². The maximum Gasteiger partial charge on any atom is 0.331 e.